The molecule has 3 amide bonds. The number of nitrogens with zero attached hydrogens (tertiary/aromatic N) is 2. The number of methoxy groups -OCH3 is 1. The first-order valence-corrected chi connectivity index (χ1v) is 21.3. The van der Waals surface area contributed by atoms with Gasteiger partial charge in [-0.2, -0.15) is 0 Å². The molecule has 0 saturated carbocycles. The molecule has 268 valence electrons. The van der Waals surface area contributed by atoms with Crippen LogP contribution in [0.2, 0.25) is 18.6 Å². The zero-order chi connectivity index (χ0) is 36.4. The third kappa shape index (κ3) is 5.38. The molecule has 1 saturated heterocycles. The summed E-state index contributed by atoms with van der Waals surface area (Å²) in [6.07, 6.45) is 1.15. The summed E-state index contributed by atoms with van der Waals surface area (Å²) in [5, 5.41) is 14.7. The number of hydrogen-bond acceptors (Lipinski definition) is 6. The van der Waals surface area contributed by atoms with Crippen LogP contribution in [0.15, 0.2) is 91.0 Å². The van der Waals surface area contributed by atoms with Crippen LogP contribution in [0.25, 0.3) is 0 Å². The average molecular weight is 716 g/mol. The van der Waals surface area contributed by atoms with E-state index in [0.29, 0.717) is 42.7 Å². The van der Waals surface area contributed by atoms with Gasteiger partial charge in [0.25, 0.3) is 5.91 Å². The summed E-state index contributed by atoms with van der Waals surface area (Å²) in [4.78, 5) is 45.9. The van der Waals surface area contributed by atoms with Gasteiger partial charge >= 0.3 is 0 Å². The molecular formula is C42H45N3O6Si. The van der Waals surface area contributed by atoms with Crippen LogP contribution in [0.3, 0.4) is 0 Å². The Kier molecular flexibility index (Phi) is 8.59. The first-order valence-electron chi connectivity index (χ1n) is 18.2. The van der Waals surface area contributed by atoms with Gasteiger partial charge in [-0.15, -0.1) is 0 Å². The van der Waals surface area contributed by atoms with Crippen LogP contribution in [0.1, 0.15) is 42.0 Å². The molecule has 2 N–H and O–H groups in total. The van der Waals surface area contributed by atoms with E-state index in [1.54, 1.807) is 16.9 Å². The lowest BCUT2D eigenvalue weighted by atomic mass is 9.82. The Balaban J connectivity index is 1.20. The lowest BCUT2D eigenvalue weighted by molar-refractivity contribution is -0.149. The summed E-state index contributed by atoms with van der Waals surface area (Å²) in [6, 6.07) is 29.5. The van der Waals surface area contributed by atoms with Gasteiger partial charge in [0.2, 0.25) is 11.8 Å². The minimum Gasteiger partial charge on any atom is -0.497 e. The number of aliphatic hydroxyl groups is 1. The summed E-state index contributed by atoms with van der Waals surface area (Å²) in [6.45, 7) is 6.94. The molecule has 1 spiro atoms. The highest BCUT2D eigenvalue weighted by molar-refractivity contribution is 6.91. The molecular weight excluding hydrogens is 671 g/mol. The second-order valence-corrected chi connectivity index (χ2v) is 19.9. The molecule has 4 aliphatic heterocycles. The largest absolute Gasteiger partial charge is 0.497 e. The summed E-state index contributed by atoms with van der Waals surface area (Å²) < 4.78 is 12.6. The molecule has 4 aromatic rings. The van der Waals surface area contributed by atoms with Crippen LogP contribution in [0.4, 0.5) is 17.1 Å². The quantitative estimate of drug-likeness (QED) is 0.234. The summed E-state index contributed by atoms with van der Waals surface area (Å²) >= 11 is 0. The molecule has 52 heavy (non-hydrogen) atoms. The van der Waals surface area contributed by atoms with Crippen LogP contribution in [-0.4, -0.2) is 61.7 Å². The number of aliphatic hydroxyl groups excluding tert-OH is 1. The molecule has 0 unspecified atom stereocenters. The number of nitrogens with one attached hydrogen (secondary N) is 1. The van der Waals surface area contributed by atoms with E-state index >= 15 is 0 Å². The Labute approximate surface area is 305 Å². The molecule has 4 aromatic carbocycles. The highest BCUT2D eigenvalue weighted by Gasteiger charge is 2.65. The summed E-state index contributed by atoms with van der Waals surface area (Å²) in [7, 11) is -0.854. The molecule has 0 aromatic heterocycles. The van der Waals surface area contributed by atoms with E-state index in [0.717, 1.165) is 28.1 Å². The maximum Gasteiger partial charge on any atom is 0.261 e. The van der Waals surface area contributed by atoms with Crippen molar-refractivity contribution < 1.29 is 29.0 Å². The third-order valence-corrected chi connectivity index (χ3v) is 16.5. The van der Waals surface area contributed by atoms with Gasteiger partial charge in [0.15, 0.2) is 5.60 Å². The van der Waals surface area contributed by atoms with Crippen molar-refractivity contribution in [3.63, 3.8) is 0 Å². The van der Waals surface area contributed by atoms with Crippen LogP contribution >= 0.6 is 0 Å². The molecule has 4 aliphatic rings. The molecule has 0 radical (unpaired) electrons. The minimum absolute atomic E-state index is 0.00121. The number of aryl methyl sites for hydroxylation is 1. The van der Waals surface area contributed by atoms with Crippen molar-refractivity contribution in [3.8, 4) is 5.75 Å². The number of carbonyl (C=O) groups is 3. The fourth-order valence-electron chi connectivity index (χ4n) is 9.50. The number of anilines is 3. The number of benzene rings is 4. The van der Waals surface area contributed by atoms with Crippen LogP contribution in [-0.2, 0) is 44.1 Å². The maximum atomic E-state index is 14.5. The number of carbonyl (C=O) groups excluding carboxylic acids is 3. The Morgan fingerprint density at radius 1 is 0.962 bits per heavy atom. The van der Waals surface area contributed by atoms with Crippen molar-refractivity contribution in [1.82, 2.24) is 4.90 Å². The van der Waals surface area contributed by atoms with E-state index in [2.05, 4.69) is 49.6 Å². The van der Waals surface area contributed by atoms with Crippen molar-refractivity contribution in [1.29, 1.82) is 0 Å². The van der Waals surface area contributed by atoms with E-state index in [4.69, 9.17) is 9.47 Å². The number of rotatable bonds is 7. The van der Waals surface area contributed by atoms with E-state index in [1.807, 2.05) is 66.7 Å². The van der Waals surface area contributed by atoms with Gasteiger partial charge in [0.05, 0.1) is 46.0 Å². The van der Waals surface area contributed by atoms with E-state index in [1.165, 1.54) is 5.19 Å². The van der Waals surface area contributed by atoms with Crippen molar-refractivity contribution in [2.45, 2.75) is 75.5 Å². The number of para-hydroxylation sites is 1. The molecule has 9 nitrogen and oxygen atoms in total. The molecule has 10 heteroatoms. The zero-order valence-electron chi connectivity index (χ0n) is 30.1. The lowest BCUT2D eigenvalue weighted by Gasteiger charge is -2.39. The van der Waals surface area contributed by atoms with Gasteiger partial charge < -0.3 is 24.8 Å². The molecule has 4 heterocycles. The maximum absolute atomic E-state index is 14.5. The second kappa shape index (κ2) is 13.0. The van der Waals surface area contributed by atoms with Gasteiger partial charge in [-0.3, -0.25) is 19.3 Å². The van der Waals surface area contributed by atoms with E-state index < -0.39 is 19.8 Å². The van der Waals surface area contributed by atoms with Crippen molar-refractivity contribution in [2.24, 2.45) is 5.92 Å². The SMILES string of the molecule is COc1ccc([Si](C)(C)[C@H]2[C@H](CC(=O)N3Cc4ccccc4C[C@H]3CO)O[C@@]3(C(=O)Nc4ccc(N5C(=O)CCc6ccccc65)cc43)[C@@H]2C)cc1. The predicted octanol–water partition coefficient (Wildman–Crippen LogP) is 5.81. The molecule has 0 aliphatic carbocycles. The van der Waals surface area contributed by atoms with Crippen molar-refractivity contribution in [3.05, 3.63) is 113 Å². The first kappa shape index (κ1) is 34.3. The van der Waals surface area contributed by atoms with Gasteiger partial charge in [0, 0.05) is 35.8 Å². The number of hydrogen-bond donors (Lipinski definition) is 2. The van der Waals surface area contributed by atoms with Crippen LogP contribution in [0, 0.1) is 5.92 Å². The van der Waals surface area contributed by atoms with Gasteiger partial charge in [-0.1, -0.05) is 79.8 Å². The van der Waals surface area contributed by atoms with Gasteiger partial charge in [-0.05, 0) is 71.5 Å². The molecule has 8 rings (SSSR count). The van der Waals surface area contributed by atoms with Crippen LogP contribution in [0.5, 0.6) is 5.75 Å². The first-order chi connectivity index (χ1) is 25.1. The third-order valence-electron chi connectivity index (χ3n) is 12.2. The highest BCUT2D eigenvalue weighted by Crippen LogP contribution is 2.59. The minimum atomic E-state index is -2.50. The molecule has 0 bridgehead atoms. The zero-order valence-corrected chi connectivity index (χ0v) is 31.1. The smallest absolute Gasteiger partial charge is 0.261 e. The second-order valence-electron chi connectivity index (χ2n) is 15.2. The molecule has 5 atom stereocenters. The number of fused-ring (bicyclic) bond motifs is 4. The van der Waals surface area contributed by atoms with Gasteiger partial charge in [-0.25, -0.2) is 0 Å². The number of amides is 3. The standard InChI is InChI=1S/C42H45N3O6Si/c1-26-40(52(3,4)33-17-15-32(50-2)16-18-33)37(23-39(48)44-24-29-11-6-5-10-28(29)21-31(44)25-46)51-42(26)34-22-30(14-19-35(34)43-41(42)49)45-36-12-8-7-9-27(36)13-20-38(45)47/h5-12,14-19,22,26,31,37,40,46H,13,20-21,23-25H2,1-4H3,(H,43,49)/t26-,31+,37+,40-,42+/m1/s1. The topological polar surface area (TPSA) is 108 Å². The Morgan fingerprint density at radius 3 is 2.40 bits per heavy atom. The normalized spacial score (nSPS) is 25.1. The monoisotopic (exact) mass is 715 g/mol. The van der Waals surface area contributed by atoms with Crippen LogP contribution < -0.4 is 20.1 Å². The number of ether oxygens (including phenoxy) is 2. The Morgan fingerprint density at radius 2 is 1.67 bits per heavy atom. The van der Waals surface area contributed by atoms with E-state index in [9.17, 15) is 19.5 Å². The van der Waals surface area contributed by atoms with Crippen molar-refractivity contribution in [2.75, 3.05) is 23.9 Å². The predicted molar refractivity (Wildman–Crippen MR) is 203 cm³/mol. The van der Waals surface area contributed by atoms with Crippen molar-refractivity contribution >= 4 is 48.0 Å². The van der Waals surface area contributed by atoms with E-state index in [-0.39, 0.29) is 48.3 Å². The summed E-state index contributed by atoms with van der Waals surface area (Å²) in [5.74, 6) is 0.0951. The lowest BCUT2D eigenvalue weighted by Crippen LogP contribution is -2.52. The average Bonchev–Trinajstić information content (AvgIpc) is 3.62. The molecule has 1 fully saturated rings. The highest BCUT2D eigenvalue weighted by atomic mass is 28.3. The Hall–Kier alpha value is -4.77. The fourth-order valence-corrected chi connectivity index (χ4v) is 13.5. The van der Waals surface area contributed by atoms with Gasteiger partial charge in [0.1, 0.15) is 5.75 Å². The fraction of sp³-hybridized carbons (Fsp3) is 0.357. The summed E-state index contributed by atoms with van der Waals surface area (Å²) in [5.41, 5.74) is 4.68. The Bertz CT molecular complexity index is 2070.